The molecule has 0 spiro atoms. The number of hydrogen-bond donors (Lipinski definition) is 0. The molecule has 0 amide bonds. The second-order valence-electron chi connectivity index (χ2n) is 5.24. The Morgan fingerprint density at radius 3 is 2.67 bits per heavy atom. The van der Waals surface area contributed by atoms with Crippen molar-refractivity contribution in [3.8, 4) is 11.8 Å². The minimum absolute atomic E-state index is 0.0289. The van der Waals surface area contributed by atoms with Crippen LogP contribution in [0.4, 0.5) is 5.69 Å². The van der Waals surface area contributed by atoms with E-state index in [0.717, 1.165) is 0 Å². The topological polar surface area (TPSA) is 87.5 Å². The highest BCUT2D eigenvalue weighted by Gasteiger charge is 2.33. The van der Waals surface area contributed by atoms with Crippen LogP contribution in [0, 0.1) is 11.3 Å². The van der Waals surface area contributed by atoms with E-state index in [4.69, 9.17) is 4.74 Å². The van der Waals surface area contributed by atoms with E-state index in [-0.39, 0.29) is 34.9 Å². The van der Waals surface area contributed by atoms with Gasteiger partial charge in [-0.3, -0.25) is 9.10 Å². The Bertz CT molecular complexity index is 961. The summed E-state index contributed by atoms with van der Waals surface area (Å²) in [5, 5.41) is 9.19. The first-order valence-electron chi connectivity index (χ1n) is 7.22. The minimum Gasteiger partial charge on any atom is -0.497 e. The monoisotopic (exact) mass is 342 g/mol. The maximum atomic E-state index is 13.1. The fraction of sp³-hybridized carbons (Fsp3) is 0.176. The first kappa shape index (κ1) is 16.0. The van der Waals surface area contributed by atoms with Crippen LogP contribution in [0.1, 0.15) is 22.3 Å². The Morgan fingerprint density at radius 2 is 1.96 bits per heavy atom. The minimum atomic E-state index is -3.96. The van der Waals surface area contributed by atoms with Crippen LogP contribution in [0.2, 0.25) is 0 Å². The lowest BCUT2D eigenvalue weighted by Gasteiger charge is -2.30. The van der Waals surface area contributed by atoms with Crippen LogP contribution in [-0.2, 0) is 10.0 Å². The maximum absolute atomic E-state index is 13.1. The highest BCUT2D eigenvalue weighted by molar-refractivity contribution is 7.93. The van der Waals surface area contributed by atoms with Gasteiger partial charge in [-0.25, -0.2) is 8.42 Å². The van der Waals surface area contributed by atoms with Gasteiger partial charge in [-0.05, 0) is 24.3 Å². The van der Waals surface area contributed by atoms with Crippen molar-refractivity contribution >= 4 is 21.5 Å². The number of nitriles is 1. The van der Waals surface area contributed by atoms with Gasteiger partial charge in [0.2, 0.25) is 0 Å². The van der Waals surface area contributed by atoms with Crippen LogP contribution < -0.4 is 9.04 Å². The van der Waals surface area contributed by atoms with E-state index in [9.17, 15) is 18.5 Å². The molecule has 0 aliphatic carbocycles. The molecule has 0 N–H and O–H groups in total. The van der Waals surface area contributed by atoms with E-state index < -0.39 is 10.0 Å². The first-order valence-corrected chi connectivity index (χ1v) is 8.66. The largest absolute Gasteiger partial charge is 0.497 e. The molecule has 1 heterocycles. The van der Waals surface area contributed by atoms with E-state index in [1.54, 1.807) is 24.3 Å². The molecule has 0 unspecified atom stereocenters. The lowest BCUT2D eigenvalue weighted by atomic mass is 10.0. The van der Waals surface area contributed by atoms with Crippen molar-refractivity contribution in [3.63, 3.8) is 0 Å². The normalized spacial score (nSPS) is 14.0. The summed E-state index contributed by atoms with van der Waals surface area (Å²) in [6.07, 6.45) is 0.0906. The second kappa shape index (κ2) is 5.98. The zero-order valence-corrected chi connectivity index (χ0v) is 13.7. The molecule has 122 valence electrons. The number of benzene rings is 2. The molecule has 2 aromatic rings. The molecular weight excluding hydrogens is 328 g/mol. The van der Waals surface area contributed by atoms with Gasteiger partial charge in [0, 0.05) is 24.6 Å². The number of hydrogen-bond acceptors (Lipinski definition) is 5. The molecule has 3 rings (SSSR count). The predicted molar refractivity (Wildman–Crippen MR) is 87.6 cm³/mol. The van der Waals surface area contributed by atoms with Crippen molar-refractivity contribution in [2.75, 3.05) is 18.0 Å². The third-order valence-electron chi connectivity index (χ3n) is 3.89. The van der Waals surface area contributed by atoms with Gasteiger partial charge in [0.1, 0.15) is 16.7 Å². The second-order valence-corrected chi connectivity index (χ2v) is 7.07. The molecule has 0 aromatic heterocycles. The summed E-state index contributed by atoms with van der Waals surface area (Å²) < 4.78 is 32.4. The van der Waals surface area contributed by atoms with Crippen molar-refractivity contribution in [2.24, 2.45) is 0 Å². The van der Waals surface area contributed by atoms with Crippen molar-refractivity contribution in [3.05, 3.63) is 53.6 Å². The van der Waals surface area contributed by atoms with E-state index in [1.807, 2.05) is 6.07 Å². The molecule has 0 bridgehead atoms. The van der Waals surface area contributed by atoms with Crippen molar-refractivity contribution < 1.29 is 17.9 Å². The average molecular weight is 342 g/mol. The van der Waals surface area contributed by atoms with Gasteiger partial charge in [0.15, 0.2) is 5.78 Å². The molecule has 6 nitrogen and oxygen atoms in total. The highest BCUT2D eigenvalue weighted by atomic mass is 32.2. The smallest absolute Gasteiger partial charge is 0.265 e. The molecule has 0 radical (unpaired) electrons. The maximum Gasteiger partial charge on any atom is 0.265 e. The van der Waals surface area contributed by atoms with Crippen LogP contribution in [-0.4, -0.2) is 27.9 Å². The molecular formula is C17H14N2O4S. The van der Waals surface area contributed by atoms with Gasteiger partial charge in [0.25, 0.3) is 10.0 Å². The predicted octanol–water partition coefficient (Wildman–Crippen LogP) is 2.35. The number of fused-ring (bicyclic) bond motifs is 1. The summed E-state index contributed by atoms with van der Waals surface area (Å²) in [4.78, 5) is 12.0. The van der Waals surface area contributed by atoms with Crippen LogP contribution in [0.3, 0.4) is 0 Å². The Hall–Kier alpha value is -2.85. The lowest BCUT2D eigenvalue weighted by Crippen LogP contribution is -2.37. The van der Waals surface area contributed by atoms with Crippen molar-refractivity contribution in [1.82, 2.24) is 0 Å². The number of methoxy groups -OCH3 is 1. The molecule has 2 aromatic carbocycles. The summed E-state index contributed by atoms with van der Waals surface area (Å²) in [6.45, 7) is 0.0289. The highest BCUT2D eigenvalue weighted by Crippen LogP contribution is 2.35. The Morgan fingerprint density at radius 1 is 1.21 bits per heavy atom. The van der Waals surface area contributed by atoms with E-state index in [1.165, 1.54) is 29.6 Å². The molecule has 1 aliphatic heterocycles. The number of rotatable bonds is 3. The summed E-state index contributed by atoms with van der Waals surface area (Å²) in [5.41, 5.74) is 0.678. The Labute approximate surface area is 139 Å². The van der Waals surface area contributed by atoms with Crippen LogP contribution in [0.25, 0.3) is 0 Å². The number of sulfonamides is 1. The number of nitrogens with zero attached hydrogens (tertiary/aromatic N) is 2. The van der Waals surface area contributed by atoms with E-state index in [2.05, 4.69) is 0 Å². The fourth-order valence-electron chi connectivity index (χ4n) is 2.69. The zero-order valence-electron chi connectivity index (χ0n) is 12.9. The number of carbonyl (C=O) groups excluding carboxylic acids is 1. The van der Waals surface area contributed by atoms with Gasteiger partial charge in [-0.15, -0.1) is 0 Å². The van der Waals surface area contributed by atoms with E-state index >= 15 is 0 Å². The number of anilines is 1. The van der Waals surface area contributed by atoms with Crippen LogP contribution >= 0.6 is 0 Å². The number of ether oxygens (including phenoxy) is 1. The molecule has 0 atom stereocenters. The van der Waals surface area contributed by atoms with Gasteiger partial charge in [-0.2, -0.15) is 5.26 Å². The molecule has 1 aliphatic rings. The number of ketones is 1. The lowest BCUT2D eigenvalue weighted by molar-refractivity contribution is 0.0982. The molecule has 7 heteroatoms. The fourth-order valence-corrected chi connectivity index (χ4v) is 4.31. The average Bonchev–Trinajstić information content (AvgIpc) is 2.61. The van der Waals surface area contributed by atoms with Crippen LogP contribution in [0.5, 0.6) is 5.75 Å². The SMILES string of the molecule is COc1ccc2c(c1)N(S(=O)(=O)c1ccccc1C#N)CCC2=O. The van der Waals surface area contributed by atoms with Gasteiger partial charge in [0.05, 0.1) is 18.4 Å². The summed E-state index contributed by atoms with van der Waals surface area (Å²) >= 11 is 0. The third-order valence-corrected chi connectivity index (χ3v) is 5.76. The molecule has 0 saturated heterocycles. The number of Topliss-reactive ketones (excluding diaryl/α,β-unsaturated/α-hetero) is 1. The van der Waals surface area contributed by atoms with Crippen molar-refractivity contribution in [2.45, 2.75) is 11.3 Å². The Kier molecular flexibility index (Phi) is 3.99. The molecule has 24 heavy (non-hydrogen) atoms. The summed E-state index contributed by atoms with van der Waals surface area (Å²) in [6, 6.07) is 12.6. The Balaban J connectivity index is 2.19. The third kappa shape index (κ3) is 2.51. The van der Waals surface area contributed by atoms with E-state index in [0.29, 0.717) is 11.3 Å². The van der Waals surface area contributed by atoms with Crippen LogP contribution in [0.15, 0.2) is 47.4 Å². The van der Waals surface area contributed by atoms with Gasteiger partial charge < -0.3 is 4.74 Å². The quantitative estimate of drug-likeness (QED) is 0.854. The zero-order chi connectivity index (χ0) is 17.3. The molecule has 0 saturated carbocycles. The van der Waals surface area contributed by atoms with Gasteiger partial charge in [-0.1, -0.05) is 12.1 Å². The molecule has 0 fully saturated rings. The number of carbonyl (C=O) groups is 1. The van der Waals surface area contributed by atoms with Crippen molar-refractivity contribution in [1.29, 1.82) is 5.26 Å². The first-order chi connectivity index (χ1) is 11.5. The summed E-state index contributed by atoms with van der Waals surface area (Å²) in [7, 11) is -2.50. The standard InChI is InChI=1S/C17H14N2O4S/c1-23-13-6-7-14-15(10-13)19(9-8-16(14)20)24(21,22)17-5-3-2-4-12(17)11-18/h2-7,10H,8-9H2,1H3. The van der Waals surface area contributed by atoms with Gasteiger partial charge >= 0.3 is 0 Å². The summed E-state index contributed by atoms with van der Waals surface area (Å²) in [5.74, 6) is 0.338.